The Hall–Kier alpha value is -2.62. The zero-order valence-electron chi connectivity index (χ0n) is 11.1. The lowest BCUT2D eigenvalue weighted by Gasteiger charge is -2.08. The Balaban J connectivity index is 1.65. The van der Waals surface area contributed by atoms with Crippen LogP contribution >= 0.6 is 0 Å². The summed E-state index contributed by atoms with van der Waals surface area (Å²) in [7, 11) is 0. The summed E-state index contributed by atoms with van der Waals surface area (Å²) in [6.07, 6.45) is 7.43. The number of nitrogens with one attached hydrogen (secondary N) is 1. The van der Waals surface area contributed by atoms with Gasteiger partial charge in [-0.3, -0.25) is 9.67 Å². The van der Waals surface area contributed by atoms with E-state index in [1.807, 2.05) is 29.2 Å². The molecule has 20 heavy (non-hydrogen) atoms. The molecule has 3 rings (SSSR count). The highest BCUT2D eigenvalue weighted by Gasteiger charge is 1.98. The van der Waals surface area contributed by atoms with Crippen LogP contribution < -0.4 is 5.32 Å². The van der Waals surface area contributed by atoms with Crippen LogP contribution in [-0.4, -0.2) is 14.8 Å². The van der Waals surface area contributed by atoms with Gasteiger partial charge in [0.25, 0.3) is 0 Å². The maximum absolute atomic E-state index is 4.22. The van der Waals surface area contributed by atoms with Crippen molar-refractivity contribution in [3.63, 3.8) is 0 Å². The first-order valence-corrected chi connectivity index (χ1v) is 6.59. The number of hydrogen-bond donors (Lipinski definition) is 1. The van der Waals surface area contributed by atoms with Crippen molar-refractivity contribution in [2.45, 2.75) is 13.1 Å². The summed E-state index contributed by atoms with van der Waals surface area (Å²) in [4.78, 5) is 4.11. The Morgan fingerprint density at radius 2 is 1.95 bits per heavy atom. The summed E-state index contributed by atoms with van der Waals surface area (Å²) >= 11 is 0. The number of nitrogens with zero attached hydrogens (tertiary/aromatic N) is 3. The van der Waals surface area contributed by atoms with Gasteiger partial charge in [0.1, 0.15) is 0 Å². The van der Waals surface area contributed by atoms with E-state index in [0.29, 0.717) is 0 Å². The molecular weight excluding hydrogens is 248 g/mol. The highest BCUT2D eigenvalue weighted by Crippen LogP contribution is 2.13. The van der Waals surface area contributed by atoms with Crippen LogP contribution in [0.5, 0.6) is 0 Å². The molecule has 0 bridgehead atoms. The monoisotopic (exact) mass is 264 g/mol. The van der Waals surface area contributed by atoms with Gasteiger partial charge in [-0.05, 0) is 35.4 Å². The third-order valence-corrected chi connectivity index (χ3v) is 3.05. The predicted octanol–water partition coefficient (Wildman–Crippen LogP) is 2.94. The Bertz CT molecular complexity index is 647. The van der Waals surface area contributed by atoms with Gasteiger partial charge >= 0.3 is 0 Å². The average Bonchev–Trinajstić information content (AvgIpc) is 3.00. The van der Waals surface area contributed by atoms with Gasteiger partial charge in [0.2, 0.25) is 0 Å². The Morgan fingerprint density at radius 3 is 2.75 bits per heavy atom. The minimum atomic E-state index is 0.777. The van der Waals surface area contributed by atoms with Crippen molar-refractivity contribution in [1.29, 1.82) is 0 Å². The van der Waals surface area contributed by atoms with E-state index in [0.717, 1.165) is 18.8 Å². The summed E-state index contributed by atoms with van der Waals surface area (Å²) in [5.41, 5.74) is 3.51. The lowest BCUT2D eigenvalue weighted by molar-refractivity contribution is 0.687. The van der Waals surface area contributed by atoms with E-state index >= 15 is 0 Å². The van der Waals surface area contributed by atoms with Crippen molar-refractivity contribution in [2.75, 3.05) is 5.32 Å². The van der Waals surface area contributed by atoms with E-state index in [4.69, 9.17) is 0 Å². The number of pyridine rings is 1. The molecular formula is C16H16N4. The number of hydrogen-bond acceptors (Lipinski definition) is 3. The van der Waals surface area contributed by atoms with Crippen LogP contribution in [0.25, 0.3) is 0 Å². The lowest BCUT2D eigenvalue weighted by Crippen LogP contribution is -2.02. The molecule has 0 aliphatic heterocycles. The fourth-order valence-electron chi connectivity index (χ4n) is 2.07. The van der Waals surface area contributed by atoms with Gasteiger partial charge in [-0.15, -0.1) is 0 Å². The van der Waals surface area contributed by atoms with Crippen molar-refractivity contribution in [1.82, 2.24) is 14.8 Å². The maximum atomic E-state index is 4.22. The molecule has 2 heterocycles. The van der Waals surface area contributed by atoms with Crippen molar-refractivity contribution >= 4 is 5.69 Å². The fourth-order valence-corrected chi connectivity index (χ4v) is 2.07. The molecule has 0 aliphatic rings. The molecule has 4 heteroatoms. The second-order valence-corrected chi connectivity index (χ2v) is 4.62. The number of aromatic nitrogens is 3. The average molecular weight is 264 g/mol. The molecule has 100 valence electrons. The van der Waals surface area contributed by atoms with Gasteiger partial charge in [-0.2, -0.15) is 5.10 Å². The summed E-state index contributed by atoms with van der Waals surface area (Å²) in [6.45, 7) is 1.56. The SMILES string of the molecule is c1cncc(CNc2cccc(Cn3cccn3)c2)c1. The highest BCUT2D eigenvalue weighted by atomic mass is 15.3. The van der Waals surface area contributed by atoms with Gasteiger partial charge < -0.3 is 5.32 Å². The van der Waals surface area contributed by atoms with E-state index in [-0.39, 0.29) is 0 Å². The molecule has 0 unspecified atom stereocenters. The molecule has 0 spiro atoms. The zero-order valence-corrected chi connectivity index (χ0v) is 11.1. The maximum Gasteiger partial charge on any atom is 0.0660 e. The van der Waals surface area contributed by atoms with Crippen molar-refractivity contribution in [3.8, 4) is 0 Å². The minimum absolute atomic E-state index is 0.777. The van der Waals surface area contributed by atoms with Gasteiger partial charge in [0.15, 0.2) is 0 Å². The summed E-state index contributed by atoms with van der Waals surface area (Å²) < 4.78 is 1.92. The molecule has 0 saturated carbocycles. The number of benzene rings is 1. The van der Waals surface area contributed by atoms with Gasteiger partial charge in [0.05, 0.1) is 6.54 Å². The largest absolute Gasteiger partial charge is 0.381 e. The van der Waals surface area contributed by atoms with Crippen LogP contribution in [0.3, 0.4) is 0 Å². The van der Waals surface area contributed by atoms with E-state index in [2.05, 4.69) is 45.7 Å². The Morgan fingerprint density at radius 1 is 1.00 bits per heavy atom. The molecule has 1 N–H and O–H groups in total. The van der Waals surface area contributed by atoms with Crippen LogP contribution in [-0.2, 0) is 13.1 Å². The number of anilines is 1. The van der Waals surface area contributed by atoms with Crippen molar-refractivity contribution < 1.29 is 0 Å². The van der Waals surface area contributed by atoms with Gasteiger partial charge in [-0.25, -0.2) is 0 Å². The molecule has 0 radical (unpaired) electrons. The van der Waals surface area contributed by atoms with E-state index < -0.39 is 0 Å². The van der Waals surface area contributed by atoms with E-state index in [9.17, 15) is 0 Å². The fraction of sp³-hybridized carbons (Fsp3) is 0.125. The van der Waals surface area contributed by atoms with Crippen LogP contribution in [0.1, 0.15) is 11.1 Å². The normalized spacial score (nSPS) is 10.4. The highest BCUT2D eigenvalue weighted by molar-refractivity contribution is 5.46. The molecule has 3 aromatic rings. The summed E-state index contributed by atoms with van der Waals surface area (Å²) in [5.74, 6) is 0. The first-order chi connectivity index (χ1) is 9.90. The van der Waals surface area contributed by atoms with E-state index in [1.54, 1.807) is 12.4 Å². The first-order valence-electron chi connectivity index (χ1n) is 6.59. The Kier molecular flexibility index (Phi) is 3.73. The Labute approximate surface area is 118 Å². The standard InChI is InChI=1S/C16H16N4/c1-4-14(13-20-9-3-8-19-20)10-16(6-1)18-12-15-5-2-7-17-11-15/h1-11,18H,12-13H2. The summed E-state index contributed by atoms with van der Waals surface area (Å²) in [6, 6.07) is 14.3. The summed E-state index contributed by atoms with van der Waals surface area (Å²) in [5, 5.41) is 7.63. The second kappa shape index (κ2) is 6.02. The zero-order chi connectivity index (χ0) is 13.6. The van der Waals surface area contributed by atoms with E-state index in [1.165, 1.54) is 11.1 Å². The minimum Gasteiger partial charge on any atom is -0.381 e. The molecule has 4 nitrogen and oxygen atoms in total. The third kappa shape index (κ3) is 3.23. The van der Waals surface area contributed by atoms with Crippen molar-refractivity contribution in [2.24, 2.45) is 0 Å². The van der Waals surface area contributed by atoms with Crippen molar-refractivity contribution in [3.05, 3.63) is 78.4 Å². The smallest absolute Gasteiger partial charge is 0.0660 e. The second-order valence-electron chi connectivity index (χ2n) is 4.62. The third-order valence-electron chi connectivity index (χ3n) is 3.05. The van der Waals surface area contributed by atoms with Crippen LogP contribution in [0.15, 0.2) is 67.3 Å². The molecule has 0 fully saturated rings. The molecule has 1 aromatic carbocycles. The van der Waals surface area contributed by atoms with Crippen LogP contribution in [0, 0.1) is 0 Å². The lowest BCUT2D eigenvalue weighted by atomic mass is 10.2. The van der Waals surface area contributed by atoms with Crippen LogP contribution in [0.2, 0.25) is 0 Å². The topological polar surface area (TPSA) is 42.7 Å². The molecule has 0 atom stereocenters. The molecule has 0 amide bonds. The van der Waals surface area contributed by atoms with Crippen LogP contribution in [0.4, 0.5) is 5.69 Å². The van der Waals surface area contributed by atoms with Gasteiger partial charge in [-0.1, -0.05) is 18.2 Å². The molecule has 0 aliphatic carbocycles. The van der Waals surface area contributed by atoms with Gasteiger partial charge in [0, 0.05) is 37.0 Å². The first kappa shape index (κ1) is 12.4. The number of rotatable bonds is 5. The predicted molar refractivity (Wildman–Crippen MR) is 79.3 cm³/mol. The molecule has 2 aromatic heterocycles. The quantitative estimate of drug-likeness (QED) is 0.770. The molecule has 0 saturated heterocycles.